The molecule has 0 radical (unpaired) electrons. The molecule has 2 rings (SSSR count). The Morgan fingerprint density at radius 1 is 1.29 bits per heavy atom. The average molecular weight is 254 g/mol. The van der Waals surface area contributed by atoms with E-state index in [1.54, 1.807) is 18.4 Å². The number of halogens is 2. The molecule has 2 nitrogen and oxygen atoms in total. The first kappa shape index (κ1) is 12.1. The van der Waals surface area contributed by atoms with Gasteiger partial charge in [0.2, 0.25) is 0 Å². The van der Waals surface area contributed by atoms with E-state index in [-0.39, 0.29) is 11.9 Å². The minimum Gasteiger partial charge on any atom is -0.453 e. The first-order chi connectivity index (χ1) is 8.22. The van der Waals surface area contributed by atoms with Crippen LogP contribution in [0.2, 0.25) is 5.22 Å². The van der Waals surface area contributed by atoms with E-state index in [1.165, 1.54) is 12.1 Å². The van der Waals surface area contributed by atoms with E-state index in [4.69, 9.17) is 16.0 Å². The van der Waals surface area contributed by atoms with Crippen molar-refractivity contribution in [1.29, 1.82) is 0 Å². The third-order valence-electron chi connectivity index (χ3n) is 2.57. The van der Waals surface area contributed by atoms with Gasteiger partial charge in [0.1, 0.15) is 5.82 Å². The largest absolute Gasteiger partial charge is 0.453 e. The molecule has 17 heavy (non-hydrogen) atoms. The molecule has 1 N–H and O–H groups in total. The van der Waals surface area contributed by atoms with Crippen LogP contribution in [-0.2, 0) is 0 Å². The van der Waals surface area contributed by atoms with Crippen molar-refractivity contribution in [1.82, 2.24) is 5.32 Å². The predicted octanol–water partition coefficient (Wildman–Crippen LogP) is 3.77. The van der Waals surface area contributed by atoms with Crippen LogP contribution in [0.1, 0.15) is 24.1 Å². The first-order valence-electron chi connectivity index (χ1n) is 5.44. The zero-order valence-corrected chi connectivity index (χ0v) is 10.2. The summed E-state index contributed by atoms with van der Waals surface area (Å²) in [7, 11) is 0. The zero-order chi connectivity index (χ0) is 12.3. The number of hydrogen-bond acceptors (Lipinski definition) is 2. The summed E-state index contributed by atoms with van der Waals surface area (Å²) in [6, 6.07) is 8.10. The number of hydrogen-bond donors (Lipinski definition) is 1. The van der Waals surface area contributed by atoms with Crippen LogP contribution in [0.5, 0.6) is 0 Å². The lowest BCUT2D eigenvalue weighted by Crippen LogP contribution is -2.21. The minimum absolute atomic E-state index is 0.0770. The number of rotatable bonds is 4. The van der Waals surface area contributed by atoms with Gasteiger partial charge in [-0.3, -0.25) is 0 Å². The van der Waals surface area contributed by atoms with Gasteiger partial charge < -0.3 is 9.73 Å². The monoisotopic (exact) mass is 253 g/mol. The van der Waals surface area contributed by atoms with E-state index in [0.29, 0.717) is 5.22 Å². The number of benzene rings is 1. The fraction of sp³-hybridized carbons (Fsp3) is 0.231. The van der Waals surface area contributed by atoms with Crippen molar-refractivity contribution in [2.75, 3.05) is 6.54 Å². The summed E-state index contributed by atoms with van der Waals surface area (Å²) in [5.41, 5.74) is 1.82. The quantitative estimate of drug-likeness (QED) is 0.897. The van der Waals surface area contributed by atoms with E-state index in [0.717, 1.165) is 17.7 Å². The molecule has 4 heteroatoms. The molecule has 1 aromatic heterocycles. The van der Waals surface area contributed by atoms with Gasteiger partial charge in [0.25, 0.3) is 0 Å². The molecule has 0 aliphatic rings. The van der Waals surface area contributed by atoms with Gasteiger partial charge in [-0.15, -0.1) is 0 Å². The Morgan fingerprint density at radius 3 is 2.53 bits per heavy atom. The smallest absolute Gasteiger partial charge is 0.198 e. The van der Waals surface area contributed by atoms with Crippen molar-refractivity contribution in [3.05, 3.63) is 58.8 Å². The maximum Gasteiger partial charge on any atom is 0.198 e. The second kappa shape index (κ2) is 5.34. The van der Waals surface area contributed by atoms with Crippen molar-refractivity contribution in [2.24, 2.45) is 0 Å². The molecule has 0 aliphatic heterocycles. The van der Waals surface area contributed by atoms with Gasteiger partial charge in [-0.05, 0) is 41.9 Å². The van der Waals surface area contributed by atoms with Gasteiger partial charge in [-0.1, -0.05) is 19.1 Å². The molecule has 0 saturated heterocycles. The second-order valence-electron chi connectivity index (χ2n) is 3.69. The highest BCUT2D eigenvalue weighted by molar-refractivity contribution is 6.29. The SMILES string of the molecule is CCNC(c1ccc(F)cc1)c1ccoc1Cl. The van der Waals surface area contributed by atoms with Crippen LogP contribution in [0, 0.1) is 5.82 Å². The molecule has 0 saturated carbocycles. The summed E-state index contributed by atoms with van der Waals surface area (Å²) in [5, 5.41) is 3.66. The summed E-state index contributed by atoms with van der Waals surface area (Å²) in [6.07, 6.45) is 1.55. The third-order valence-corrected chi connectivity index (χ3v) is 2.88. The molecular weight excluding hydrogens is 241 g/mol. The molecule has 1 atom stereocenters. The van der Waals surface area contributed by atoms with Crippen molar-refractivity contribution in [2.45, 2.75) is 13.0 Å². The van der Waals surface area contributed by atoms with Crippen LogP contribution >= 0.6 is 11.6 Å². The molecule has 0 spiro atoms. The molecule has 90 valence electrons. The Bertz CT molecular complexity index is 480. The lowest BCUT2D eigenvalue weighted by molar-refractivity contribution is 0.554. The van der Waals surface area contributed by atoms with Crippen LogP contribution in [-0.4, -0.2) is 6.54 Å². The minimum atomic E-state index is -0.248. The lowest BCUT2D eigenvalue weighted by Gasteiger charge is -2.17. The highest BCUT2D eigenvalue weighted by atomic mass is 35.5. The molecular formula is C13H13ClFNO. The van der Waals surface area contributed by atoms with Crippen LogP contribution < -0.4 is 5.32 Å². The number of nitrogens with one attached hydrogen (secondary N) is 1. The van der Waals surface area contributed by atoms with Crippen LogP contribution in [0.4, 0.5) is 4.39 Å². The molecule has 1 unspecified atom stereocenters. The third kappa shape index (κ3) is 2.68. The first-order valence-corrected chi connectivity index (χ1v) is 5.82. The molecule has 0 amide bonds. The Balaban J connectivity index is 2.35. The molecule has 2 aromatic rings. The van der Waals surface area contributed by atoms with Crippen molar-refractivity contribution < 1.29 is 8.81 Å². The van der Waals surface area contributed by atoms with Gasteiger partial charge in [0, 0.05) is 5.56 Å². The van der Waals surface area contributed by atoms with E-state index >= 15 is 0 Å². The fourth-order valence-electron chi connectivity index (χ4n) is 1.78. The van der Waals surface area contributed by atoms with Crippen molar-refractivity contribution >= 4 is 11.6 Å². The maximum atomic E-state index is 12.9. The summed E-state index contributed by atoms with van der Waals surface area (Å²) < 4.78 is 18.0. The standard InChI is InChI=1S/C13H13ClFNO/c1-2-16-12(11-7-8-17-13(11)14)9-3-5-10(15)6-4-9/h3-8,12,16H,2H2,1H3. The van der Waals surface area contributed by atoms with Crippen LogP contribution in [0.3, 0.4) is 0 Å². The highest BCUT2D eigenvalue weighted by Gasteiger charge is 2.17. The van der Waals surface area contributed by atoms with E-state index in [1.807, 2.05) is 13.0 Å². The van der Waals surface area contributed by atoms with Crippen molar-refractivity contribution in [3.8, 4) is 0 Å². The Morgan fingerprint density at radius 2 is 2.00 bits per heavy atom. The predicted molar refractivity (Wildman–Crippen MR) is 65.6 cm³/mol. The molecule has 0 bridgehead atoms. The molecule has 0 fully saturated rings. The van der Waals surface area contributed by atoms with Gasteiger partial charge >= 0.3 is 0 Å². The second-order valence-corrected chi connectivity index (χ2v) is 4.04. The van der Waals surface area contributed by atoms with Crippen molar-refractivity contribution in [3.63, 3.8) is 0 Å². The highest BCUT2D eigenvalue weighted by Crippen LogP contribution is 2.29. The zero-order valence-electron chi connectivity index (χ0n) is 9.41. The maximum absolute atomic E-state index is 12.9. The van der Waals surface area contributed by atoms with Crippen LogP contribution in [0.15, 0.2) is 41.0 Å². The summed E-state index contributed by atoms with van der Waals surface area (Å²) in [5.74, 6) is -0.248. The van der Waals surface area contributed by atoms with Gasteiger partial charge in [0.05, 0.1) is 12.3 Å². The van der Waals surface area contributed by atoms with Gasteiger partial charge in [0.15, 0.2) is 5.22 Å². The average Bonchev–Trinajstić information content (AvgIpc) is 2.74. The van der Waals surface area contributed by atoms with Gasteiger partial charge in [-0.25, -0.2) is 4.39 Å². The summed E-state index contributed by atoms with van der Waals surface area (Å²) in [6.45, 7) is 2.79. The number of furan rings is 1. The topological polar surface area (TPSA) is 25.2 Å². The normalized spacial score (nSPS) is 12.6. The molecule has 1 aromatic carbocycles. The van der Waals surface area contributed by atoms with E-state index in [2.05, 4.69) is 5.32 Å². The van der Waals surface area contributed by atoms with E-state index in [9.17, 15) is 4.39 Å². The lowest BCUT2D eigenvalue weighted by atomic mass is 10.0. The molecule has 0 aliphatic carbocycles. The van der Waals surface area contributed by atoms with Crippen LogP contribution in [0.25, 0.3) is 0 Å². The molecule has 1 heterocycles. The fourth-order valence-corrected chi connectivity index (χ4v) is 2.00. The summed E-state index contributed by atoms with van der Waals surface area (Å²) >= 11 is 5.97. The Labute approximate surface area is 104 Å². The Kier molecular flexibility index (Phi) is 3.82. The van der Waals surface area contributed by atoms with E-state index < -0.39 is 0 Å². The van der Waals surface area contributed by atoms with Gasteiger partial charge in [-0.2, -0.15) is 0 Å². The summed E-state index contributed by atoms with van der Waals surface area (Å²) in [4.78, 5) is 0. The Hall–Kier alpha value is -1.32.